The molecule has 1 aromatic heterocycles. The summed E-state index contributed by atoms with van der Waals surface area (Å²) in [4.78, 5) is 25.9. The SMILES string of the molecule is NCCC(C(=O)Nc1ccc2[nH]nc(NC(=O)c3cc(C(F)(F)F)cc(C(F)(F)F)c3)c2c1)c1ccc(Cl)c(Cl)c1. The van der Waals surface area contributed by atoms with Crippen molar-refractivity contribution in [2.75, 3.05) is 17.2 Å². The van der Waals surface area contributed by atoms with Gasteiger partial charge in [-0.2, -0.15) is 31.4 Å². The molecule has 1 heterocycles. The highest BCUT2D eigenvalue weighted by molar-refractivity contribution is 6.42. The number of aromatic nitrogens is 2. The molecule has 1 atom stereocenters. The molecule has 5 N–H and O–H groups in total. The molecule has 0 spiro atoms. The molecule has 0 radical (unpaired) electrons. The second-order valence-corrected chi connectivity index (χ2v) is 9.69. The lowest BCUT2D eigenvalue weighted by Gasteiger charge is -2.17. The van der Waals surface area contributed by atoms with E-state index in [1.165, 1.54) is 18.2 Å². The second kappa shape index (κ2) is 11.6. The number of hydrogen-bond donors (Lipinski definition) is 4. The van der Waals surface area contributed by atoms with Crippen LogP contribution in [0.2, 0.25) is 10.0 Å². The predicted molar refractivity (Wildman–Crippen MR) is 142 cm³/mol. The highest BCUT2D eigenvalue weighted by Crippen LogP contribution is 2.37. The minimum absolute atomic E-state index is 0.0778. The maximum Gasteiger partial charge on any atom is 0.416 e. The number of carbonyl (C=O) groups is 2. The van der Waals surface area contributed by atoms with Gasteiger partial charge in [0.1, 0.15) is 0 Å². The average Bonchev–Trinajstić information content (AvgIpc) is 3.29. The van der Waals surface area contributed by atoms with Crippen LogP contribution in [0, 0.1) is 0 Å². The first-order chi connectivity index (χ1) is 19.2. The Labute approximate surface area is 238 Å². The van der Waals surface area contributed by atoms with Crippen LogP contribution in [0.1, 0.15) is 39.4 Å². The van der Waals surface area contributed by atoms with E-state index < -0.39 is 46.8 Å². The highest BCUT2D eigenvalue weighted by atomic mass is 35.5. The number of amides is 2. The monoisotopic (exact) mass is 617 g/mol. The molecule has 4 rings (SSSR count). The van der Waals surface area contributed by atoms with Crippen molar-refractivity contribution in [2.45, 2.75) is 24.7 Å². The Morgan fingerprint density at radius 3 is 2.12 bits per heavy atom. The van der Waals surface area contributed by atoms with E-state index in [-0.39, 0.29) is 40.9 Å². The van der Waals surface area contributed by atoms with Crippen LogP contribution < -0.4 is 16.4 Å². The number of aromatic amines is 1. The largest absolute Gasteiger partial charge is 0.416 e. The van der Waals surface area contributed by atoms with Gasteiger partial charge in [-0.15, -0.1) is 0 Å². The third kappa shape index (κ3) is 6.92. The van der Waals surface area contributed by atoms with E-state index in [0.29, 0.717) is 28.2 Å². The number of hydrogen-bond acceptors (Lipinski definition) is 4. The van der Waals surface area contributed by atoms with Crippen molar-refractivity contribution in [3.63, 3.8) is 0 Å². The number of H-pyrrole nitrogens is 1. The van der Waals surface area contributed by atoms with Crippen LogP contribution in [0.3, 0.4) is 0 Å². The summed E-state index contributed by atoms with van der Waals surface area (Å²) in [7, 11) is 0. The zero-order valence-electron chi connectivity index (χ0n) is 20.6. The first kappa shape index (κ1) is 30.2. The Morgan fingerprint density at radius 2 is 1.54 bits per heavy atom. The van der Waals surface area contributed by atoms with Crippen LogP contribution in [-0.4, -0.2) is 28.6 Å². The molecule has 1 unspecified atom stereocenters. The fourth-order valence-corrected chi connectivity index (χ4v) is 4.33. The molecule has 0 saturated carbocycles. The molecule has 2 amide bonds. The normalized spacial score (nSPS) is 12.8. The van der Waals surface area contributed by atoms with E-state index in [9.17, 15) is 35.9 Å². The lowest BCUT2D eigenvalue weighted by atomic mass is 9.94. The molecule has 41 heavy (non-hydrogen) atoms. The van der Waals surface area contributed by atoms with Crippen molar-refractivity contribution in [3.8, 4) is 0 Å². The number of nitrogens with zero attached hydrogens (tertiary/aromatic N) is 1. The summed E-state index contributed by atoms with van der Waals surface area (Å²) in [6.07, 6.45) is -9.97. The van der Waals surface area contributed by atoms with Crippen LogP contribution in [0.15, 0.2) is 54.6 Å². The van der Waals surface area contributed by atoms with Crippen LogP contribution in [0.25, 0.3) is 10.9 Å². The van der Waals surface area contributed by atoms with Crippen LogP contribution >= 0.6 is 23.2 Å². The summed E-state index contributed by atoms with van der Waals surface area (Å²) in [6, 6.07) is 9.74. The average molecular weight is 618 g/mol. The fraction of sp³-hybridized carbons (Fsp3) is 0.192. The Hall–Kier alpha value is -3.81. The van der Waals surface area contributed by atoms with Gasteiger partial charge >= 0.3 is 12.4 Å². The molecule has 0 bridgehead atoms. The van der Waals surface area contributed by atoms with Crippen molar-refractivity contribution in [1.82, 2.24) is 10.2 Å². The van der Waals surface area contributed by atoms with Crippen molar-refractivity contribution in [1.29, 1.82) is 0 Å². The Bertz CT molecular complexity index is 1590. The number of halogens is 8. The van der Waals surface area contributed by atoms with Gasteiger partial charge in [-0.25, -0.2) is 0 Å². The van der Waals surface area contributed by atoms with Gasteiger partial charge in [0.25, 0.3) is 5.91 Å². The Kier molecular flexibility index (Phi) is 8.52. The quantitative estimate of drug-likeness (QED) is 0.164. The molecule has 4 aromatic rings. The predicted octanol–water partition coefficient (Wildman–Crippen LogP) is 7.23. The van der Waals surface area contributed by atoms with Crippen molar-refractivity contribution < 1.29 is 35.9 Å². The van der Waals surface area contributed by atoms with E-state index >= 15 is 0 Å². The number of benzene rings is 3. The number of rotatable bonds is 7. The third-order valence-corrected chi connectivity index (χ3v) is 6.77. The molecule has 15 heteroatoms. The standard InChI is InChI=1S/C26H19Cl2F6N5O2/c27-19-3-1-12(9-20(19)28)17(5-6-35)24(41)36-16-2-4-21-18(11-16)22(39-38-21)37-23(40)13-7-14(25(29,30)31)10-15(8-13)26(32,33)34/h1-4,7-11,17H,5-6,35H2,(H,36,41)(H2,37,38,39,40). The first-order valence-corrected chi connectivity index (χ1v) is 12.5. The smallest absolute Gasteiger partial charge is 0.330 e. The lowest BCUT2D eigenvalue weighted by molar-refractivity contribution is -0.143. The van der Waals surface area contributed by atoms with E-state index in [0.717, 1.165) is 0 Å². The van der Waals surface area contributed by atoms with Gasteiger partial charge in [-0.3, -0.25) is 14.7 Å². The van der Waals surface area contributed by atoms with Gasteiger partial charge in [0.05, 0.1) is 32.6 Å². The lowest BCUT2D eigenvalue weighted by Crippen LogP contribution is -2.23. The fourth-order valence-electron chi connectivity index (χ4n) is 4.03. The van der Waals surface area contributed by atoms with Gasteiger partial charge in [-0.05, 0) is 67.1 Å². The number of anilines is 2. The van der Waals surface area contributed by atoms with Gasteiger partial charge < -0.3 is 16.4 Å². The molecule has 0 aliphatic heterocycles. The summed E-state index contributed by atoms with van der Waals surface area (Å²) in [5.74, 6) is -2.58. The molecule has 0 aliphatic rings. The summed E-state index contributed by atoms with van der Waals surface area (Å²) in [5, 5.41) is 12.2. The van der Waals surface area contributed by atoms with Gasteiger partial charge in [0, 0.05) is 16.6 Å². The topological polar surface area (TPSA) is 113 Å². The van der Waals surface area contributed by atoms with E-state index in [1.54, 1.807) is 18.2 Å². The minimum atomic E-state index is -5.12. The number of fused-ring (bicyclic) bond motifs is 1. The maximum atomic E-state index is 13.2. The minimum Gasteiger partial charge on any atom is -0.330 e. The Morgan fingerprint density at radius 1 is 0.878 bits per heavy atom. The van der Waals surface area contributed by atoms with Gasteiger partial charge in [-0.1, -0.05) is 29.3 Å². The van der Waals surface area contributed by atoms with Gasteiger partial charge in [0.15, 0.2) is 5.82 Å². The van der Waals surface area contributed by atoms with Crippen molar-refractivity contribution >= 4 is 57.4 Å². The third-order valence-electron chi connectivity index (χ3n) is 6.03. The summed E-state index contributed by atoms with van der Waals surface area (Å²) in [5.41, 5.74) is 2.74. The number of nitrogens with two attached hydrogens (primary N) is 1. The number of alkyl halides is 6. The van der Waals surface area contributed by atoms with Crippen molar-refractivity contribution in [2.24, 2.45) is 5.73 Å². The Balaban J connectivity index is 1.61. The van der Waals surface area contributed by atoms with E-state index in [2.05, 4.69) is 20.8 Å². The summed E-state index contributed by atoms with van der Waals surface area (Å²) >= 11 is 12.1. The highest BCUT2D eigenvalue weighted by Gasteiger charge is 2.37. The van der Waals surface area contributed by atoms with Crippen molar-refractivity contribution in [3.05, 3.63) is 86.9 Å². The molecule has 0 aliphatic carbocycles. The number of carbonyl (C=O) groups excluding carboxylic acids is 2. The first-order valence-electron chi connectivity index (χ1n) is 11.7. The van der Waals surface area contributed by atoms with Crippen LogP contribution in [0.5, 0.6) is 0 Å². The van der Waals surface area contributed by atoms with E-state index in [1.807, 2.05) is 0 Å². The summed E-state index contributed by atoms with van der Waals surface area (Å²) in [6.45, 7) is 0.181. The second-order valence-electron chi connectivity index (χ2n) is 8.87. The molecule has 0 fully saturated rings. The molecule has 0 saturated heterocycles. The molecular formula is C26H19Cl2F6N5O2. The zero-order chi connectivity index (χ0) is 30.1. The summed E-state index contributed by atoms with van der Waals surface area (Å²) < 4.78 is 79.3. The molecule has 7 nitrogen and oxygen atoms in total. The number of nitrogens with one attached hydrogen (secondary N) is 3. The molecular weight excluding hydrogens is 599 g/mol. The maximum absolute atomic E-state index is 13.2. The molecule has 216 valence electrons. The van der Waals surface area contributed by atoms with Crippen LogP contribution in [-0.2, 0) is 17.1 Å². The van der Waals surface area contributed by atoms with Gasteiger partial charge in [0.2, 0.25) is 5.91 Å². The van der Waals surface area contributed by atoms with E-state index in [4.69, 9.17) is 28.9 Å². The zero-order valence-corrected chi connectivity index (χ0v) is 22.1. The van der Waals surface area contributed by atoms with Crippen LogP contribution in [0.4, 0.5) is 37.8 Å². The molecule has 3 aromatic carbocycles.